The molecule has 2 fully saturated rings. The van der Waals surface area contributed by atoms with Gasteiger partial charge in [-0.25, -0.2) is 9.29 Å². The van der Waals surface area contributed by atoms with E-state index in [-0.39, 0.29) is 29.6 Å². The quantitative estimate of drug-likeness (QED) is 0.638. The lowest BCUT2D eigenvalue weighted by molar-refractivity contribution is -0.126. The van der Waals surface area contributed by atoms with Crippen molar-refractivity contribution in [1.29, 1.82) is 0 Å². The summed E-state index contributed by atoms with van der Waals surface area (Å²) in [4.78, 5) is 26.1. The van der Waals surface area contributed by atoms with E-state index in [0.29, 0.717) is 0 Å². The molecular weight excluding hydrogens is 271 g/mol. The first-order chi connectivity index (χ1) is 10.0. The van der Waals surface area contributed by atoms with Gasteiger partial charge in [-0.3, -0.25) is 9.59 Å². The number of nitrogen functional groups attached to an aromatic ring is 1. The van der Waals surface area contributed by atoms with Gasteiger partial charge < -0.3 is 5.73 Å². The van der Waals surface area contributed by atoms with Gasteiger partial charge >= 0.3 is 0 Å². The highest BCUT2D eigenvalue weighted by atomic mass is 19.1. The van der Waals surface area contributed by atoms with Gasteiger partial charge in [-0.15, -0.1) is 0 Å². The molecule has 5 heteroatoms. The van der Waals surface area contributed by atoms with Crippen LogP contribution in [0.15, 0.2) is 18.2 Å². The summed E-state index contributed by atoms with van der Waals surface area (Å²) in [5.74, 6) is -1.16. The minimum atomic E-state index is -0.623. The number of carbonyl (C=O) groups excluding carboxylic acids is 2. The molecule has 2 N–H and O–H groups in total. The first kappa shape index (κ1) is 14.0. The van der Waals surface area contributed by atoms with Crippen LogP contribution >= 0.6 is 0 Å². The molecule has 1 aliphatic heterocycles. The lowest BCUT2D eigenvalue weighted by Gasteiger charge is -2.25. The zero-order valence-corrected chi connectivity index (χ0v) is 11.9. The van der Waals surface area contributed by atoms with Gasteiger partial charge in [0.25, 0.3) is 0 Å². The number of halogens is 1. The Bertz CT molecular complexity index is 592. The fourth-order valence-corrected chi connectivity index (χ4v) is 3.54. The number of anilines is 2. The third kappa shape index (κ3) is 2.30. The van der Waals surface area contributed by atoms with Crippen molar-refractivity contribution in [2.24, 2.45) is 5.41 Å². The predicted molar refractivity (Wildman–Crippen MR) is 78.1 cm³/mol. The van der Waals surface area contributed by atoms with Crippen LogP contribution in [0.25, 0.3) is 0 Å². The fourth-order valence-electron chi connectivity index (χ4n) is 3.54. The largest absolute Gasteiger partial charge is 0.399 e. The zero-order valence-electron chi connectivity index (χ0n) is 11.9. The molecule has 1 aliphatic carbocycles. The van der Waals surface area contributed by atoms with Crippen LogP contribution in [0.3, 0.4) is 0 Å². The molecule has 0 radical (unpaired) electrons. The molecule has 0 bridgehead atoms. The second-order valence-electron chi connectivity index (χ2n) is 6.12. The van der Waals surface area contributed by atoms with E-state index in [9.17, 15) is 14.0 Å². The lowest BCUT2D eigenvalue weighted by Crippen LogP contribution is -2.36. The van der Waals surface area contributed by atoms with E-state index < -0.39 is 11.2 Å². The summed E-state index contributed by atoms with van der Waals surface area (Å²) in [6, 6.07) is 4.07. The minimum absolute atomic E-state index is 0.0281. The molecule has 2 amide bonds. The van der Waals surface area contributed by atoms with Crippen molar-refractivity contribution in [2.45, 2.75) is 44.9 Å². The summed E-state index contributed by atoms with van der Waals surface area (Å²) in [7, 11) is 0. The van der Waals surface area contributed by atoms with Crippen molar-refractivity contribution in [2.75, 3.05) is 10.6 Å². The van der Waals surface area contributed by atoms with Gasteiger partial charge in [0, 0.05) is 12.1 Å². The van der Waals surface area contributed by atoms with E-state index in [0.717, 1.165) is 49.5 Å². The molecule has 1 aromatic rings. The Morgan fingerprint density at radius 2 is 1.76 bits per heavy atom. The lowest BCUT2D eigenvalue weighted by atomic mass is 9.79. The van der Waals surface area contributed by atoms with E-state index in [4.69, 9.17) is 5.73 Å². The molecule has 3 rings (SSSR count). The van der Waals surface area contributed by atoms with Gasteiger partial charge in [0.05, 0.1) is 11.1 Å². The van der Waals surface area contributed by atoms with Crippen LogP contribution < -0.4 is 10.6 Å². The first-order valence-corrected chi connectivity index (χ1v) is 7.46. The summed E-state index contributed by atoms with van der Waals surface area (Å²) in [6.45, 7) is 0. The molecule has 1 spiro atoms. The van der Waals surface area contributed by atoms with Crippen molar-refractivity contribution in [3.05, 3.63) is 24.0 Å². The summed E-state index contributed by atoms with van der Waals surface area (Å²) in [5, 5.41) is 0. The molecule has 0 aromatic heterocycles. The SMILES string of the molecule is Nc1ccc(N2C(=O)CC3(CCCCCC3)C2=O)c(F)c1. The summed E-state index contributed by atoms with van der Waals surface area (Å²) in [6.07, 6.45) is 5.76. The van der Waals surface area contributed by atoms with Crippen molar-refractivity contribution in [3.8, 4) is 0 Å². The van der Waals surface area contributed by atoms with Crippen molar-refractivity contribution in [3.63, 3.8) is 0 Å². The topological polar surface area (TPSA) is 63.4 Å². The molecule has 1 aromatic carbocycles. The van der Waals surface area contributed by atoms with E-state index in [1.807, 2.05) is 0 Å². The minimum Gasteiger partial charge on any atom is -0.399 e. The summed E-state index contributed by atoms with van der Waals surface area (Å²) in [5.41, 5.74) is 5.22. The van der Waals surface area contributed by atoms with Crippen molar-refractivity contribution < 1.29 is 14.0 Å². The van der Waals surface area contributed by atoms with Crippen molar-refractivity contribution in [1.82, 2.24) is 0 Å². The Morgan fingerprint density at radius 1 is 1.10 bits per heavy atom. The van der Waals surface area contributed by atoms with Gasteiger partial charge in [-0.2, -0.15) is 0 Å². The van der Waals surface area contributed by atoms with Crippen LogP contribution in [-0.4, -0.2) is 11.8 Å². The molecule has 2 aliphatic rings. The summed E-state index contributed by atoms with van der Waals surface area (Å²) < 4.78 is 14.1. The number of amides is 2. The Balaban J connectivity index is 1.97. The first-order valence-electron chi connectivity index (χ1n) is 7.46. The smallest absolute Gasteiger partial charge is 0.240 e. The van der Waals surface area contributed by atoms with E-state index >= 15 is 0 Å². The Morgan fingerprint density at radius 3 is 2.38 bits per heavy atom. The van der Waals surface area contributed by atoms with Gasteiger partial charge in [0.15, 0.2) is 0 Å². The molecule has 4 nitrogen and oxygen atoms in total. The van der Waals surface area contributed by atoms with Crippen LogP contribution in [0.2, 0.25) is 0 Å². The van der Waals surface area contributed by atoms with Crippen LogP contribution in [0, 0.1) is 11.2 Å². The maximum Gasteiger partial charge on any atom is 0.240 e. The number of carbonyl (C=O) groups is 2. The monoisotopic (exact) mass is 290 g/mol. The fraction of sp³-hybridized carbons (Fsp3) is 0.500. The number of hydrogen-bond donors (Lipinski definition) is 1. The van der Waals surface area contributed by atoms with E-state index in [1.54, 1.807) is 0 Å². The molecule has 1 saturated heterocycles. The normalized spacial score (nSPS) is 21.9. The van der Waals surface area contributed by atoms with Gasteiger partial charge in [-0.05, 0) is 31.0 Å². The molecular formula is C16H19FN2O2. The predicted octanol–water partition coefficient (Wildman–Crippen LogP) is 3.01. The molecule has 0 atom stereocenters. The van der Waals surface area contributed by atoms with Crippen LogP contribution in [0.5, 0.6) is 0 Å². The average molecular weight is 290 g/mol. The highest BCUT2D eigenvalue weighted by Crippen LogP contribution is 2.46. The van der Waals surface area contributed by atoms with Gasteiger partial charge in [0.1, 0.15) is 5.82 Å². The Kier molecular flexibility index (Phi) is 3.43. The maximum atomic E-state index is 14.1. The standard InChI is InChI=1S/C16H19FN2O2/c17-12-9-11(18)5-6-13(12)19-14(20)10-16(15(19)21)7-3-1-2-4-8-16/h5-6,9H,1-4,7-8,10,18H2. The van der Waals surface area contributed by atoms with Crippen LogP contribution in [-0.2, 0) is 9.59 Å². The number of hydrogen-bond acceptors (Lipinski definition) is 3. The van der Waals surface area contributed by atoms with Gasteiger partial charge in [0.2, 0.25) is 11.8 Å². The second-order valence-corrected chi connectivity index (χ2v) is 6.12. The molecule has 21 heavy (non-hydrogen) atoms. The third-order valence-corrected chi connectivity index (χ3v) is 4.67. The average Bonchev–Trinajstić information content (AvgIpc) is 2.60. The van der Waals surface area contributed by atoms with Gasteiger partial charge in [-0.1, -0.05) is 25.7 Å². The zero-order chi connectivity index (χ0) is 15.0. The van der Waals surface area contributed by atoms with Crippen LogP contribution in [0.1, 0.15) is 44.9 Å². The number of nitrogens with zero attached hydrogens (tertiary/aromatic N) is 1. The number of nitrogens with two attached hydrogens (primary N) is 1. The molecule has 0 unspecified atom stereocenters. The number of imide groups is 1. The third-order valence-electron chi connectivity index (χ3n) is 4.67. The van der Waals surface area contributed by atoms with Crippen molar-refractivity contribution >= 4 is 23.2 Å². The number of benzene rings is 1. The van der Waals surface area contributed by atoms with E-state index in [1.165, 1.54) is 12.1 Å². The molecule has 1 heterocycles. The Hall–Kier alpha value is -1.91. The molecule has 112 valence electrons. The Labute approximate surface area is 123 Å². The highest BCUT2D eigenvalue weighted by molar-refractivity contribution is 6.22. The highest BCUT2D eigenvalue weighted by Gasteiger charge is 2.51. The van der Waals surface area contributed by atoms with Crippen LogP contribution in [0.4, 0.5) is 15.8 Å². The maximum absolute atomic E-state index is 14.1. The van der Waals surface area contributed by atoms with E-state index in [2.05, 4.69) is 0 Å². The number of rotatable bonds is 1. The second kappa shape index (κ2) is 5.13. The summed E-state index contributed by atoms with van der Waals surface area (Å²) >= 11 is 0. The molecule has 1 saturated carbocycles.